The summed E-state index contributed by atoms with van der Waals surface area (Å²) in [4.78, 5) is 18.0. The second-order valence-electron chi connectivity index (χ2n) is 10.4. The number of hydrogen-bond acceptors (Lipinski definition) is 4. The van der Waals surface area contributed by atoms with E-state index in [0.29, 0.717) is 12.5 Å². The van der Waals surface area contributed by atoms with Crippen molar-refractivity contribution in [2.75, 3.05) is 26.2 Å². The van der Waals surface area contributed by atoms with Crippen molar-refractivity contribution in [1.29, 1.82) is 0 Å². The number of piperidine rings is 1. The fourth-order valence-corrected chi connectivity index (χ4v) is 6.08. The Morgan fingerprint density at radius 1 is 1.16 bits per heavy atom. The Bertz CT molecular complexity index is 942. The van der Waals surface area contributed by atoms with Crippen LogP contribution in [0.1, 0.15) is 75.4 Å². The highest BCUT2D eigenvalue weighted by molar-refractivity contribution is 7.10. The molecular formula is C25H35N3O2S. The Morgan fingerprint density at radius 2 is 1.84 bits per heavy atom. The predicted molar refractivity (Wildman–Crippen MR) is 127 cm³/mol. The van der Waals surface area contributed by atoms with Crippen LogP contribution in [0.3, 0.4) is 0 Å². The highest BCUT2D eigenvalue weighted by Crippen LogP contribution is 2.47. The van der Waals surface area contributed by atoms with E-state index in [0.717, 1.165) is 38.2 Å². The molecule has 2 N–H and O–H groups in total. The molecule has 2 aromatic rings. The fraction of sp³-hybridized carbons (Fsp3) is 0.600. The Labute approximate surface area is 189 Å². The number of thiazole rings is 1. The molecule has 5 nitrogen and oxygen atoms in total. The zero-order valence-corrected chi connectivity index (χ0v) is 20.0. The second kappa shape index (κ2) is 8.55. The molecule has 0 bridgehead atoms. The van der Waals surface area contributed by atoms with Gasteiger partial charge < -0.3 is 15.3 Å². The molecule has 1 saturated heterocycles. The molecule has 4 rings (SSSR count). The van der Waals surface area contributed by atoms with Gasteiger partial charge in [-0.1, -0.05) is 39.8 Å². The summed E-state index contributed by atoms with van der Waals surface area (Å²) in [6.45, 7) is 12.8. The van der Waals surface area contributed by atoms with Gasteiger partial charge in [-0.05, 0) is 66.8 Å². The molecule has 6 heteroatoms. The molecule has 2 aliphatic rings. The third-order valence-corrected chi connectivity index (χ3v) is 8.32. The zero-order valence-electron chi connectivity index (χ0n) is 19.2. The van der Waals surface area contributed by atoms with E-state index in [-0.39, 0.29) is 10.8 Å². The summed E-state index contributed by atoms with van der Waals surface area (Å²) in [7, 11) is 0. The number of hydrogen-bond donors (Lipinski definition) is 2. The van der Waals surface area contributed by atoms with Gasteiger partial charge in [0.2, 0.25) is 0 Å². The van der Waals surface area contributed by atoms with Crippen molar-refractivity contribution in [1.82, 2.24) is 15.2 Å². The van der Waals surface area contributed by atoms with Crippen LogP contribution in [0.25, 0.3) is 11.3 Å². The SMILES string of the molecule is CC1(C)CCC(C)(C)c2cc(-c3csc(C4CCN(CCNC(=O)O)CC4)n3)ccc21. The van der Waals surface area contributed by atoms with E-state index in [1.165, 1.54) is 34.5 Å². The third-order valence-electron chi connectivity index (χ3n) is 7.31. The Hall–Kier alpha value is -1.92. The Kier molecular flexibility index (Phi) is 6.14. The molecule has 1 aromatic heterocycles. The van der Waals surface area contributed by atoms with Gasteiger partial charge >= 0.3 is 6.09 Å². The zero-order chi connectivity index (χ0) is 22.2. The highest BCUT2D eigenvalue weighted by Gasteiger charge is 2.37. The molecule has 1 aromatic carbocycles. The summed E-state index contributed by atoms with van der Waals surface area (Å²) in [6.07, 6.45) is 3.69. The summed E-state index contributed by atoms with van der Waals surface area (Å²) in [5.74, 6) is 0.510. The van der Waals surface area contributed by atoms with E-state index in [4.69, 9.17) is 10.1 Å². The molecule has 1 amide bonds. The molecule has 2 heterocycles. The van der Waals surface area contributed by atoms with E-state index in [2.05, 4.69) is 61.5 Å². The third kappa shape index (κ3) is 4.80. The van der Waals surface area contributed by atoms with Crippen LogP contribution in [0, 0.1) is 0 Å². The lowest BCUT2D eigenvalue weighted by molar-refractivity contribution is 0.185. The van der Waals surface area contributed by atoms with Gasteiger partial charge in [-0.2, -0.15) is 0 Å². The first-order valence-electron chi connectivity index (χ1n) is 11.5. The number of aromatic nitrogens is 1. The second-order valence-corrected chi connectivity index (χ2v) is 11.3. The number of carbonyl (C=O) groups is 1. The maximum atomic E-state index is 10.6. The number of carboxylic acid groups (broad SMARTS) is 1. The normalized spacial score (nSPS) is 20.9. The molecule has 0 atom stereocenters. The highest BCUT2D eigenvalue weighted by atomic mass is 32.1. The molecule has 1 aliphatic heterocycles. The fourth-order valence-electron chi connectivity index (χ4n) is 5.08. The molecule has 0 radical (unpaired) electrons. The largest absolute Gasteiger partial charge is 0.465 e. The van der Waals surface area contributed by atoms with E-state index in [1.807, 2.05) is 0 Å². The lowest BCUT2D eigenvalue weighted by Crippen LogP contribution is -2.38. The topological polar surface area (TPSA) is 65.5 Å². The van der Waals surface area contributed by atoms with Crippen molar-refractivity contribution in [3.05, 3.63) is 39.7 Å². The van der Waals surface area contributed by atoms with Gasteiger partial charge in [-0.3, -0.25) is 0 Å². The summed E-state index contributed by atoms with van der Waals surface area (Å²) in [5.41, 5.74) is 5.78. The number of rotatable bonds is 5. The van der Waals surface area contributed by atoms with Crippen LogP contribution >= 0.6 is 11.3 Å². The molecule has 0 spiro atoms. The van der Waals surface area contributed by atoms with Crippen molar-refractivity contribution in [2.45, 2.75) is 70.1 Å². The first-order chi connectivity index (χ1) is 14.7. The van der Waals surface area contributed by atoms with Crippen LogP contribution in [-0.2, 0) is 10.8 Å². The quantitative estimate of drug-likeness (QED) is 0.633. The number of nitrogens with one attached hydrogen (secondary N) is 1. The van der Waals surface area contributed by atoms with Crippen molar-refractivity contribution >= 4 is 17.4 Å². The lowest BCUT2D eigenvalue weighted by atomic mass is 9.63. The smallest absolute Gasteiger partial charge is 0.404 e. The van der Waals surface area contributed by atoms with Gasteiger partial charge in [0, 0.05) is 30.0 Å². The van der Waals surface area contributed by atoms with Crippen molar-refractivity contribution < 1.29 is 9.90 Å². The van der Waals surface area contributed by atoms with Gasteiger partial charge in [-0.15, -0.1) is 11.3 Å². The van der Waals surface area contributed by atoms with Gasteiger partial charge in [0.15, 0.2) is 0 Å². The van der Waals surface area contributed by atoms with Crippen LogP contribution in [0.4, 0.5) is 4.79 Å². The summed E-state index contributed by atoms with van der Waals surface area (Å²) >= 11 is 1.79. The molecule has 1 aliphatic carbocycles. The van der Waals surface area contributed by atoms with E-state index in [9.17, 15) is 4.79 Å². The number of amides is 1. The van der Waals surface area contributed by atoms with E-state index in [1.54, 1.807) is 11.3 Å². The van der Waals surface area contributed by atoms with Crippen LogP contribution in [-0.4, -0.2) is 47.3 Å². The maximum absolute atomic E-state index is 10.6. The lowest BCUT2D eigenvalue weighted by Gasteiger charge is -2.42. The monoisotopic (exact) mass is 441 g/mol. The van der Waals surface area contributed by atoms with Gasteiger partial charge in [0.25, 0.3) is 0 Å². The molecule has 1 fully saturated rings. The van der Waals surface area contributed by atoms with E-state index >= 15 is 0 Å². The van der Waals surface area contributed by atoms with Crippen LogP contribution in [0.15, 0.2) is 23.6 Å². The molecule has 168 valence electrons. The molecular weight excluding hydrogens is 406 g/mol. The minimum atomic E-state index is -0.945. The minimum Gasteiger partial charge on any atom is -0.465 e. The number of fused-ring (bicyclic) bond motifs is 1. The number of likely N-dealkylation sites (tertiary alicyclic amines) is 1. The van der Waals surface area contributed by atoms with E-state index < -0.39 is 6.09 Å². The van der Waals surface area contributed by atoms with Gasteiger partial charge in [0.05, 0.1) is 10.7 Å². The predicted octanol–water partition coefficient (Wildman–Crippen LogP) is 5.61. The van der Waals surface area contributed by atoms with Crippen LogP contribution in [0.5, 0.6) is 0 Å². The first kappa shape index (κ1) is 22.3. The number of nitrogens with zero attached hydrogens (tertiary/aromatic N) is 2. The molecule has 0 saturated carbocycles. The van der Waals surface area contributed by atoms with Crippen LogP contribution in [0.2, 0.25) is 0 Å². The van der Waals surface area contributed by atoms with Gasteiger partial charge in [0.1, 0.15) is 0 Å². The first-order valence-corrected chi connectivity index (χ1v) is 12.3. The van der Waals surface area contributed by atoms with Crippen LogP contribution < -0.4 is 5.32 Å². The maximum Gasteiger partial charge on any atom is 0.404 e. The summed E-state index contributed by atoms with van der Waals surface area (Å²) in [5, 5.41) is 14.6. The number of benzene rings is 1. The van der Waals surface area contributed by atoms with Crippen molar-refractivity contribution in [2.24, 2.45) is 0 Å². The Morgan fingerprint density at radius 3 is 2.52 bits per heavy atom. The Balaban J connectivity index is 1.45. The van der Waals surface area contributed by atoms with Crippen molar-refractivity contribution in [3.63, 3.8) is 0 Å². The average Bonchev–Trinajstić information content (AvgIpc) is 3.22. The molecule has 31 heavy (non-hydrogen) atoms. The summed E-state index contributed by atoms with van der Waals surface area (Å²) < 4.78 is 0. The summed E-state index contributed by atoms with van der Waals surface area (Å²) in [6, 6.07) is 7.00. The van der Waals surface area contributed by atoms with Crippen molar-refractivity contribution in [3.8, 4) is 11.3 Å². The minimum absolute atomic E-state index is 0.210. The van der Waals surface area contributed by atoms with Gasteiger partial charge in [-0.25, -0.2) is 9.78 Å². The average molecular weight is 442 g/mol. The standard InChI is InChI=1S/C25H35N3O2S/c1-24(2)9-10-25(3,4)20-15-18(5-6-19(20)24)21-16-31-22(27-21)17-7-12-28(13-8-17)14-11-26-23(29)30/h5-6,15-17,26H,7-14H2,1-4H3,(H,29,30). The molecule has 0 unspecified atom stereocenters.